The van der Waals surface area contributed by atoms with Crippen molar-refractivity contribution in [3.63, 3.8) is 0 Å². The van der Waals surface area contributed by atoms with Gasteiger partial charge in [0, 0.05) is 45.5 Å². The molecule has 0 bridgehead atoms. The van der Waals surface area contributed by atoms with Crippen LogP contribution in [-0.4, -0.2) is 50.1 Å². The molecule has 2 N–H and O–H groups in total. The first-order valence-electron chi connectivity index (χ1n) is 6.23. The minimum absolute atomic E-state index is 0.0861. The van der Waals surface area contributed by atoms with E-state index >= 15 is 0 Å². The summed E-state index contributed by atoms with van der Waals surface area (Å²) in [5.41, 5.74) is 5.76. The van der Waals surface area contributed by atoms with Crippen LogP contribution in [0.3, 0.4) is 0 Å². The van der Waals surface area contributed by atoms with E-state index in [-0.39, 0.29) is 43.6 Å². The third-order valence-electron chi connectivity index (χ3n) is 3.33. The number of hydrogen-bond acceptors (Lipinski definition) is 3. The number of hydrogen-bond donors (Lipinski definition) is 1. The Balaban J connectivity index is 2.40. The number of nitrogens with two attached hydrogens (primary N) is 1. The second-order valence-electron chi connectivity index (χ2n) is 5.06. The number of rotatable bonds is 5. The molecule has 4 nitrogen and oxygen atoms in total. The summed E-state index contributed by atoms with van der Waals surface area (Å²) in [6, 6.07) is -0.242. The maximum atomic E-state index is 13.0. The largest absolute Gasteiger partial charge is 0.383 e. The molecule has 0 aromatic rings. The van der Waals surface area contributed by atoms with Gasteiger partial charge in [-0.1, -0.05) is 0 Å². The minimum Gasteiger partial charge on any atom is -0.383 e. The molecule has 1 fully saturated rings. The molecular weight excluding hydrogens is 242 g/mol. The number of ether oxygens (including phenoxy) is 1. The number of carbonyl (C=O) groups excluding carboxylic acids is 1. The minimum atomic E-state index is -2.60. The maximum Gasteiger partial charge on any atom is 0.248 e. The van der Waals surface area contributed by atoms with Gasteiger partial charge >= 0.3 is 0 Å². The lowest BCUT2D eigenvalue weighted by atomic mass is 9.86. The van der Waals surface area contributed by atoms with Gasteiger partial charge in [-0.15, -0.1) is 0 Å². The molecule has 0 spiro atoms. The highest BCUT2D eigenvalue weighted by Crippen LogP contribution is 2.36. The first-order chi connectivity index (χ1) is 8.35. The van der Waals surface area contributed by atoms with E-state index in [0.29, 0.717) is 13.2 Å². The Kier molecular flexibility index (Phi) is 5.47. The molecule has 0 aliphatic heterocycles. The molecule has 1 aliphatic carbocycles. The van der Waals surface area contributed by atoms with Crippen molar-refractivity contribution in [2.45, 2.75) is 37.6 Å². The zero-order valence-electron chi connectivity index (χ0n) is 11.0. The monoisotopic (exact) mass is 264 g/mol. The zero-order chi connectivity index (χ0) is 13.8. The van der Waals surface area contributed by atoms with Crippen molar-refractivity contribution < 1.29 is 18.3 Å². The topological polar surface area (TPSA) is 55.6 Å². The van der Waals surface area contributed by atoms with Gasteiger partial charge in [-0.25, -0.2) is 8.78 Å². The molecule has 106 valence electrons. The lowest BCUT2D eigenvalue weighted by Gasteiger charge is -2.31. The Labute approximate surface area is 106 Å². The van der Waals surface area contributed by atoms with Gasteiger partial charge in [0.2, 0.25) is 11.8 Å². The summed E-state index contributed by atoms with van der Waals surface area (Å²) < 4.78 is 30.9. The fraction of sp³-hybridized carbons (Fsp3) is 0.917. The third-order valence-corrected chi connectivity index (χ3v) is 3.33. The molecule has 0 aromatic heterocycles. The van der Waals surface area contributed by atoms with Crippen LogP contribution < -0.4 is 5.73 Å². The van der Waals surface area contributed by atoms with Gasteiger partial charge in [0.05, 0.1) is 6.61 Å². The van der Waals surface area contributed by atoms with Crippen LogP contribution in [0.25, 0.3) is 0 Å². The van der Waals surface area contributed by atoms with Crippen LogP contribution in [0.1, 0.15) is 25.7 Å². The van der Waals surface area contributed by atoms with Crippen LogP contribution in [0.15, 0.2) is 0 Å². The Bertz CT molecular complexity index is 277. The molecule has 0 aromatic carbocycles. The Morgan fingerprint density at radius 2 is 2.06 bits per heavy atom. The van der Waals surface area contributed by atoms with Crippen LogP contribution in [0.4, 0.5) is 8.78 Å². The molecule has 1 saturated carbocycles. The molecule has 1 rings (SSSR count). The highest BCUT2D eigenvalue weighted by atomic mass is 19.3. The summed E-state index contributed by atoms with van der Waals surface area (Å²) >= 11 is 0. The van der Waals surface area contributed by atoms with E-state index in [4.69, 9.17) is 10.5 Å². The Hall–Kier alpha value is -0.750. The molecular formula is C12H22F2N2O2. The van der Waals surface area contributed by atoms with E-state index < -0.39 is 5.92 Å². The molecule has 1 amide bonds. The molecule has 1 atom stereocenters. The van der Waals surface area contributed by atoms with Gasteiger partial charge in [-0.05, 0) is 12.8 Å². The lowest BCUT2D eigenvalue weighted by molar-refractivity contribution is -0.138. The van der Waals surface area contributed by atoms with Gasteiger partial charge in [-0.2, -0.15) is 0 Å². The molecule has 1 aliphatic rings. The van der Waals surface area contributed by atoms with E-state index in [1.54, 1.807) is 14.2 Å². The van der Waals surface area contributed by atoms with E-state index in [1.807, 2.05) is 0 Å². The molecule has 0 saturated heterocycles. The number of halogens is 2. The van der Waals surface area contributed by atoms with Crippen LogP contribution in [0, 0.1) is 5.92 Å². The van der Waals surface area contributed by atoms with Crippen molar-refractivity contribution in [3.8, 4) is 0 Å². The summed E-state index contributed by atoms with van der Waals surface area (Å²) in [4.78, 5) is 13.6. The first-order valence-corrected chi connectivity index (χ1v) is 6.23. The fourth-order valence-corrected chi connectivity index (χ4v) is 2.31. The van der Waals surface area contributed by atoms with E-state index in [1.165, 1.54) is 4.90 Å². The van der Waals surface area contributed by atoms with Crippen molar-refractivity contribution in [3.05, 3.63) is 0 Å². The number of nitrogens with zero attached hydrogens (tertiary/aromatic N) is 1. The molecule has 18 heavy (non-hydrogen) atoms. The fourth-order valence-electron chi connectivity index (χ4n) is 2.31. The average Bonchev–Trinajstić information content (AvgIpc) is 2.28. The van der Waals surface area contributed by atoms with Crippen molar-refractivity contribution in [2.75, 3.05) is 27.3 Å². The van der Waals surface area contributed by atoms with Crippen LogP contribution in [0.2, 0.25) is 0 Å². The Morgan fingerprint density at radius 1 is 1.50 bits per heavy atom. The predicted octanol–water partition coefficient (Wildman–Crippen LogP) is 1.24. The van der Waals surface area contributed by atoms with Gasteiger partial charge in [0.15, 0.2) is 0 Å². The van der Waals surface area contributed by atoms with Crippen LogP contribution >= 0.6 is 0 Å². The second kappa shape index (κ2) is 6.43. The zero-order valence-corrected chi connectivity index (χ0v) is 11.0. The van der Waals surface area contributed by atoms with Crippen molar-refractivity contribution in [1.82, 2.24) is 4.90 Å². The van der Waals surface area contributed by atoms with Gasteiger partial charge in [0.25, 0.3) is 0 Å². The highest BCUT2D eigenvalue weighted by molar-refractivity contribution is 5.78. The summed E-state index contributed by atoms with van der Waals surface area (Å²) in [5, 5.41) is 0. The third kappa shape index (κ3) is 4.49. The van der Waals surface area contributed by atoms with Gasteiger partial charge < -0.3 is 15.4 Å². The maximum absolute atomic E-state index is 13.0. The molecule has 0 heterocycles. The van der Waals surface area contributed by atoms with E-state index in [2.05, 4.69) is 0 Å². The second-order valence-corrected chi connectivity index (χ2v) is 5.06. The summed E-state index contributed by atoms with van der Waals surface area (Å²) in [6.07, 6.45) is 0.133. The number of alkyl halides is 2. The van der Waals surface area contributed by atoms with Crippen molar-refractivity contribution in [2.24, 2.45) is 11.7 Å². The first kappa shape index (κ1) is 15.3. The highest BCUT2D eigenvalue weighted by Gasteiger charge is 2.38. The SMILES string of the molecule is COCC(N)CN(C)C(=O)C1CCC(F)(F)CC1. The number of methoxy groups -OCH3 is 1. The van der Waals surface area contributed by atoms with E-state index in [9.17, 15) is 13.6 Å². The Morgan fingerprint density at radius 3 is 2.56 bits per heavy atom. The summed E-state index contributed by atoms with van der Waals surface area (Å²) in [7, 11) is 3.20. The summed E-state index contributed by atoms with van der Waals surface area (Å²) in [5.74, 6) is -2.97. The normalized spacial score (nSPS) is 21.6. The van der Waals surface area contributed by atoms with Crippen LogP contribution in [0.5, 0.6) is 0 Å². The number of likely N-dealkylation sites (N-methyl/N-ethyl adjacent to an activating group) is 1. The summed E-state index contributed by atoms with van der Waals surface area (Å²) in [6.45, 7) is 0.764. The van der Waals surface area contributed by atoms with Crippen molar-refractivity contribution >= 4 is 5.91 Å². The van der Waals surface area contributed by atoms with Gasteiger partial charge in [-0.3, -0.25) is 4.79 Å². The quantitative estimate of drug-likeness (QED) is 0.813. The van der Waals surface area contributed by atoms with E-state index in [0.717, 1.165) is 0 Å². The molecule has 0 radical (unpaired) electrons. The molecule has 1 unspecified atom stereocenters. The lowest BCUT2D eigenvalue weighted by Crippen LogP contribution is -2.44. The number of carbonyl (C=O) groups is 1. The van der Waals surface area contributed by atoms with Crippen molar-refractivity contribution in [1.29, 1.82) is 0 Å². The predicted molar refractivity (Wildman–Crippen MR) is 64.4 cm³/mol. The average molecular weight is 264 g/mol. The van der Waals surface area contributed by atoms with Crippen LogP contribution in [-0.2, 0) is 9.53 Å². The van der Waals surface area contributed by atoms with Gasteiger partial charge in [0.1, 0.15) is 0 Å². The smallest absolute Gasteiger partial charge is 0.248 e. The molecule has 6 heteroatoms. The number of amides is 1. The standard InChI is InChI=1S/C12H22F2N2O2/c1-16(7-10(15)8-18-2)11(17)9-3-5-12(13,14)6-4-9/h9-10H,3-8,15H2,1-2H3.